The molecule has 0 amide bonds. The molecule has 0 unspecified atom stereocenters. The zero-order valence-electron chi connectivity index (χ0n) is 10.2. The van der Waals surface area contributed by atoms with Gasteiger partial charge in [0, 0.05) is 16.7 Å². The molecule has 0 bridgehead atoms. The topological polar surface area (TPSA) is 100 Å². The summed E-state index contributed by atoms with van der Waals surface area (Å²) in [4.78, 5) is 11.1. The van der Waals surface area contributed by atoms with Crippen LogP contribution in [0.15, 0.2) is 41.2 Å². The van der Waals surface area contributed by atoms with Gasteiger partial charge in [0.1, 0.15) is 5.69 Å². The fraction of sp³-hybridized carbons (Fsp3) is 0. The number of nitrogens with zero attached hydrogens (tertiary/aromatic N) is 2. The average Bonchev–Trinajstić information content (AvgIpc) is 2.82. The van der Waals surface area contributed by atoms with Crippen LogP contribution >= 0.6 is 11.6 Å². The van der Waals surface area contributed by atoms with Crippen LogP contribution in [0.5, 0.6) is 0 Å². The van der Waals surface area contributed by atoms with Gasteiger partial charge in [0.05, 0.1) is 11.3 Å². The van der Waals surface area contributed by atoms with E-state index in [1.165, 1.54) is 6.07 Å². The van der Waals surface area contributed by atoms with Crippen LogP contribution in [0, 0.1) is 0 Å². The van der Waals surface area contributed by atoms with E-state index in [-0.39, 0.29) is 5.56 Å². The molecule has 0 aliphatic heterocycles. The zero-order chi connectivity index (χ0) is 14.1. The molecule has 3 rings (SSSR count). The number of hydrogen-bond donors (Lipinski definition) is 3. The number of H-pyrrole nitrogens is 2. The van der Waals surface area contributed by atoms with Crippen LogP contribution in [-0.4, -0.2) is 20.4 Å². The molecule has 0 aliphatic carbocycles. The summed E-state index contributed by atoms with van der Waals surface area (Å²) in [5, 5.41) is 13.7. The number of nitrogen functional groups attached to an aromatic ring is 1. The number of halogens is 1. The Labute approximate surface area is 118 Å². The molecular weight excluding hydrogens is 278 g/mol. The molecule has 0 saturated carbocycles. The number of nitrogens with two attached hydrogens (primary N) is 1. The summed E-state index contributed by atoms with van der Waals surface area (Å²) in [6.07, 6.45) is 0. The van der Waals surface area contributed by atoms with E-state index < -0.39 is 0 Å². The molecule has 0 atom stereocenters. The fourth-order valence-electron chi connectivity index (χ4n) is 1.96. The predicted octanol–water partition coefficient (Wildman–Crippen LogP) is 2.06. The Hall–Kier alpha value is -2.60. The quantitative estimate of drug-likeness (QED) is 0.671. The van der Waals surface area contributed by atoms with Crippen LogP contribution < -0.4 is 11.3 Å². The SMILES string of the molecule is Nc1n[nH]c(-c2ccc(=O)[nH]n2)c1-c1ccccc1Cl. The van der Waals surface area contributed by atoms with E-state index in [1.54, 1.807) is 12.1 Å². The normalized spacial score (nSPS) is 10.7. The third kappa shape index (κ3) is 2.06. The molecule has 0 fully saturated rings. The Morgan fingerprint density at radius 1 is 1.05 bits per heavy atom. The van der Waals surface area contributed by atoms with E-state index in [2.05, 4.69) is 20.4 Å². The lowest BCUT2D eigenvalue weighted by Gasteiger charge is -2.05. The minimum Gasteiger partial charge on any atom is -0.382 e. The average molecular weight is 288 g/mol. The van der Waals surface area contributed by atoms with Gasteiger partial charge in [-0.3, -0.25) is 9.89 Å². The minimum absolute atomic E-state index is 0.277. The number of aromatic nitrogens is 4. The maximum atomic E-state index is 11.1. The second-order valence-corrected chi connectivity index (χ2v) is 4.55. The number of nitrogens with one attached hydrogen (secondary N) is 2. The van der Waals surface area contributed by atoms with Gasteiger partial charge in [0.25, 0.3) is 5.56 Å². The number of anilines is 1. The molecule has 0 saturated heterocycles. The molecule has 7 heteroatoms. The van der Waals surface area contributed by atoms with Crippen LogP contribution in [0.4, 0.5) is 5.82 Å². The van der Waals surface area contributed by atoms with E-state index in [1.807, 2.05) is 18.2 Å². The van der Waals surface area contributed by atoms with Gasteiger partial charge < -0.3 is 5.73 Å². The standard InChI is InChI=1S/C13H10ClN5O/c14-8-4-2-1-3-7(8)11-12(18-19-13(11)15)9-5-6-10(20)17-16-9/h1-6H,(H,17,20)(H3,15,18,19). The number of benzene rings is 1. The van der Waals surface area contributed by atoms with E-state index in [4.69, 9.17) is 17.3 Å². The zero-order valence-corrected chi connectivity index (χ0v) is 11.0. The molecule has 4 N–H and O–H groups in total. The summed E-state index contributed by atoms with van der Waals surface area (Å²) < 4.78 is 0. The molecule has 20 heavy (non-hydrogen) atoms. The monoisotopic (exact) mass is 287 g/mol. The van der Waals surface area contributed by atoms with Crippen molar-refractivity contribution >= 4 is 17.4 Å². The molecule has 2 aromatic heterocycles. The first-order valence-electron chi connectivity index (χ1n) is 5.81. The molecular formula is C13H10ClN5O. The first-order valence-corrected chi connectivity index (χ1v) is 6.19. The summed E-state index contributed by atoms with van der Waals surface area (Å²) in [7, 11) is 0. The van der Waals surface area contributed by atoms with Crippen molar-refractivity contribution in [2.24, 2.45) is 0 Å². The molecule has 1 aromatic carbocycles. The summed E-state index contributed by atoms with van der Waals surface area (Å²) in [6.45, 7) is 0. The molecule has 0 radical (unpaired) electrons. The van der Waals surface area contributed by atoms with Gasteiger partial charge in [-0.1, -0.05) is 29.8 Å². The van der Waals surface area contributed by atoms with Crippen LogP contribution in [-0.2, 0) is 0 Å². The van der Waals surface area contributed by atoms with Gasteiger partial charge in [0.2, 0.25) is 0 Å². The highest BCUT2D eigenvalue weighted by Crippen LogP contribution is 2.37. The van der Waals surface area contributed by atoms with Crippen molar-refractivity contribution in [1.82, 2.24) is 20.4 Å². The number of aromatic amines is 2. The Morgan fingerprint density at radius 2 is 1.85 bits per heavy atom. The largest absolute Gasteiger partial charge is 0.382 e. The van der Waals surface area contributed by atoms with Gasteiger partial charge >= 0.3 is 0 Å². The number of hydrogen-bond acceptors (Lipinski definition) is 4. The Balaban J connectivity index is 2.23. The van der Waals surface area contributed by atoms with Crippen molar-refractivity contribution in [3.8, 4) is 22.5 Å². The van der Waals surface area contributed by atoms with Crippen molar-refractivity contribution < 1.29 is 0 Å². The third-order valence-electron chi connectivity index (χ3n) is 2.87. The van der Waals surface area contributed by atoms with Crippen LogP contribution in [0.1, 0.15) is 0 Å². The maximum absolute atomic E-state index is 11.1. The third-order valence-corrected chi connectivity index (χ3v) is 3.20. The van der Waals surface area contributed by atoms with Gasteiger partial charge in [-0.15, -0.1) is 0 Å². The van der Waals surface area contributed by atoms with E-state index in [0.717, 1.165) is 5.56 Å². The van der Waals surface area contributed by atoms with Crippen LogP contribution in [0.2, 0.25) is 5.02 Å². The molecule has 0 aliphatic rings. The van der Waals surface area contributed by atoms with Gasteiger partial charge in [-0.25, -0.2) is 5.10 Å². The van der Waals surface area contributed by atoms with Crippen molar-refractivity contribution in [3.05, 3.63) is 51.8 Å². The lowest BCUT2D eigenvalue weighted by Crippen LogP contribution is -2.06. The van der Waals surface area contributed by atoms with Crippen molar-refractivity contribution in [2.75, 3.05) is 5.73 Å². The second-order valence-electron chi connectivity index (χ2n) is 4.15. The smallest absolute Gasteiger partial charge is 0.264 e. The Kier molecular flexibility index (Phi) is 3.00. The maximum Gasteiger partial charge on any atom is 0.264 e. The summed E-state index contributed by atoms with van der Waals surface area (Å²) in [5.41, 5.74) is 8.18. The highest BCUT2D eigenvalue weighted by molar-refractivity contribution is 6.33. The summed E-state index contributed by atoms with van der Waals surface area (Å²) >= 11 is 6.20. The second kappa shape index (κ2) is 4.82. The van der Waals surface area contributed by atoms with Crippen LogP contribution in [0.25, 0.3) is 22.5 Å². The lowest BCUT2D eigenvalue weighted by atomic mass is 10.0. The van der Waals surface area contributed by atoms with Crippen molar-refractivity contribution in [2.45, 2.75) is 0 Å². The van der Waals surface area contributed by atoms with Gasteiger partial charge in [0.15, 0.2) is 5.82 Å². The van der Waals surface area contributed by atoms with Crippen molar-refractivity contribution in [3.63, 3.8) is 0 Å². The number of rotatable bonds is 2. The Bertz CT molecular complexity index is 803. The molecule has 0 spiro atoms. The molecule has 2 heterocycles. The van der Waals surface area contributed by atoms with Gasteiger partial charge in [-0.2, -0.15) is 10.2 Å². The Morgan fingerprint density at radius 3 is 2.55 bits per heavy atom. The van der Waals surface area contributed by atoms with Crippen molar-refractivity contribution in [1.29, 1.82) is 0 Å². The first kappa shape index (κ1) is 12.4. The van der Waals surface area contributed by atoms with Crippen LogP contribution in [0.3, 0.4) is 0 Å². The highest BCUT2D eigenvalue weighted by atomic mass is 35.5. The first-order chi connectivity index (χ1) is 9.66. The molecule has 6 nitrogen and oxygen atoms in total. The predicted molar refractivity (Wildman–Crippen MR) is 77.3 cm³/mol. The van der Waals surface area contributed by atoms with E-state index in [0.29, 0.717) is 27.8 Å². The molecule has 3 aromatic rings. The lowest BCUT2D eigenvalue weighted by molar-refractivity contribution is 0.982. The summed E-state index contributed by atoms with van der Waals surface area (Å²) in [6, 6.07) is 10.3. The van der Waals surface area contributed by atoms with Gasteiger partial charge in [-0.05, 0) is 12.1 Å². The minimum atomic E-state index is -0.277. The van der Waals surface area contributed by atoms with E-state index >= 15 is 0 Å². The fourth-order valence-corrected chi connectivity index (χ4v) is 2.19. The highest BCUT2D eigenvalue weighted by Gasteiger charge is 2.17. The van der Waals surface area contributed by atoms with E-state index in [9.17, 15) is 4.79 Å². The summed E-state index contributed by atoms with van der Waals surface area (Å²) in [5.74, 6) is 0.320. The molecule has 100 valence electrons.